The predicted octanol–water partition coefficient (Wildman–Crippen LogP) is 0.966. The number of nitrogens with one attached hydrogen (secondary N) is 1. The Balaban J connectivity index is 3.17. The first-order valence-corrected chi connectivity index (χ1v) is 3.42. The van der Waals surface area contributed by atoms with Crippen LogP contribution in [0.2, 0.25) is 0 Å². The van der Waals surface area contributed by atoms with Crippen LogP contribution in [0.1, 0.15) is 10.4 Å². The van der Waals surface area contributed by atoms with Crippen LogP contribution in [-0.2, 0) is 0 Å². The van der Waals surface area contributed by atoms with Gasteiger partial charge in [0.2, 0.25) is 0 Å². The molecular formula is C8H9FN2O. The van der Waals surface area contributed by atoms with Gasteiger partial charge in [-0.25, -0.2) is 4.39 Å². The molecule has 12 heavy (non-hydrogen) atoms. The van der Waals surface area contributed by atoms with E-state index in [1.54, 1.807) is 7.05 Å². The summed E-state index contributed by atoms with van der Waals surface area (Å²) in [7, 11) is 1.68. The number of rotatable bonds is 2. The molecule has 0 aromatic heterocycles. The zero-order valence-corrected chi connectivity index (χ0v) is 6.60. The summed E-state index contributed by atoms with van der Waals surface area (Å²) in [5, 5.41) is 2.78. The maximum absolute atomic E-state index is 12.8. The van der Waals surface area contributed by atoms with E-state index in [-0.39, 0.29) is 5.56 Å². The van der Waals surface area contributed by atoms with Crippen LogP contribution < -0.4 is 11.1 Å². The van der Waals surface area contributed by atoms with E-state index >= 15 is 0 Å². The smallest absolute Gasteiger partial charge is 0.251 e. The maximum atomic E-state index is 12.8. The molecule has 4 heteroatoms. The number of primary amides is 1. The standard InChI is InChI=1S/C8H9FN2O/c1-11-5-2-3-7(9)6(4-5)8(10)12/h2-4,11H,1H3,(H2,10,12). The largest absolute Gasteiger partial charge is 0.388 e. The van der Waals surface area contributed by atoms with Crippen molar-refractivity contribution in [3.8, 4) is 0 Å². The molecule has 1 rings (SSSR count). The molecule has 0 heterocycles. The van der Waals surface area contributed by atoms with Crippen LogP contribution in [0, 0.1) is 5.82 Å². The Morgan fingerprint density at radius 3 is 2.75 bits per heavy atom. The maximum Gasteiger partial charge on any atom is 0.251 e. The highest BCUT2D eigenvalue weighted by molar-refractivity contribution is 5.94. The summed E-state index contributed by atoms with van der Waals surface area (Å²) < 4.78 is 12.8. The fourth-order valence-corrected chi connectivity index (χ4v) is 0.870. The van der Waals surface area contributed by atoms with Crippen molar-refractivity contribution in [2.24, 2.45) is 5.73 Å². The van der Waals surface area contributed by atoms with Crippen LogP contribution in [0.25, 0.3) is 0 Å². The lowest BCUT2D eigenvalue weighted by atomic mass is 10.2. The molecule has 1 aromatic rings. The number of benzene rings is 1. The first-order valence-electron chi connectivity index (χ1n) is 3.42. The molecule has 0 atom stereocenters. The van der Waals surface area contributed by atoms with Gasteiger partial charge in [0.25, 0.3) is 5.91 Å². The monoisotopic (exact) mass is 168 g/mol. The average Bonchev–Trinajstić information content (AvgIpc) is 2.05. The third-order valence-corrected chi connectivity index (χ3v) is 1.52. The first-order chi connectivity index (χ1) is 5.65. The number of nitrogens with two attached hydrogens (primary N) is 1. The van der Waals surface area contributed by atoms with Gasteiger partial charge < -0.3 is 11.1 Å². The Bertz CT molecular complexity index is 312. The zero-order chi connectivity index (χ0) is 9.14. The summed E-state index contributed by atoms with van der Waals surface area (Å²) in [6, 6.07) is 4.10. The van der Waals surface area contributed by atoms with Gasteiger partial charge in [-0.15, -0.1) is 0 Å². The van der Waals surface area contributed by atoms with Gasteiger partial charge in [0.1, 0.15) is 5.82 Å². The Morgan fingerprint density at radius 1 is 1.58 bits per heavy atom. The molecule has 1 amide bonds. The van der Waals surface area contributed by atoms with Crippen LogP contribution in [0.15, 0.2) is 18.2 Å². The van der Waals surface area contributed by atoms with Crippen molar-refractivity contribution in [3.63, 3.8) is 0 Å². The van der Waals surface area contributed by atoms with E-state index in [0.29, 0.717) is 5.69 Å². The number of hydrogen-bond donors (Lipinski definition) is 2. The number of amides is 1. The third kappa shape index (κ3) is 1.53. The van der Waals surface area contributed by atoms with Gasteiger partial charge in [-0.05, 0) is 18.2 Å². The number of hydrogen-bond acceptors (Lipinski definition) is 2. The number of carbonyl (C=O) groups excluding carboxylic acids is 1. The summed E-state index contributed by atoms with van der Waals surface area (Å²) in [5.41, 5.74) is 5.49. The average molecular weight is 168 g/mol. The van der Waals surface area contributed by atoms with Crippen molar-refractivity contribution in [1.82, 2.24) is 0 Å². The number of carbonyl (C=O) groups is 1. The predicted molar refractivity (Wildman–Crippen MR) is 44.5 cm³/mol. The van der Waals surface area contributed by atoms with Crippen molar-refractivity contribution in [3.05, 3.63) is 29.6 Å². The minimum Gasteiger partial charge on any atom is -0.388 e. The number of anilines is 1. The topological polar surface area (TPSA) is 55.1 Å². The van der Waals surface area contributed by atoms with E-state index in [1.807, 2.05) is 0 Å². The van der Waals surface area contributed by atoms with Crippen LogP contribution in [-0.4, -0.2) is 13.0 Å². The summed E-state index contributed by atoms with van der Waals surface area (Å²) in [5.74, 6) is -1.36. The lowest BCUT2D eigenvalue weighted by Gasteiger charge is -2.02. The molecule has 0 radical (unpaired) electrons. The van der Waals surface area contributed by atoms with Crippen LogP contribution >= 0.6 is 0 Å². The van der Waals surface area contributed by atoms with E-state index < -0.39 is 11.7 Å². The lowest BCUT2D eigenvalue weighted by Crippen LogP contribution is -2.13. The molecule has 0 fully saturated rings. The molecule has 3 N–H and O–H groups in total. The first kappa shape index (κ1) is 8.52. The second kappa shape index (κ2) is 3.21. The Kier molecular flexibility index (Phi) is 2.28. The van der Waals surface area contributed by atoms with E-state index in [4.69, 9.17) is 5.73 Å². The van der Waals surface area contributed by atoms with E-state index in [1.165, 1.54) is 18.2 Å². The molecule has 0 aliphatic carbocycles. The van der Waals surface area contributed by atoms with Crippen molar-refractivity contribution in [1.29, 1.82) is 0 Å². The molecule has 1 aromatic carbocycles. The summed E-state index contributed by atoms with van der Waals surface area (Å²) in [6.45, 7) is 0. The SMILES string of the molecule is CNc1ccc(F)c(C(N)=O)c1. The molecule has 0 aliphatic heterocycles. The fraction of sp³-hybridized carbons (Fsp3) is 0.125. The summed E-state index contributed by atoms with van der Waals surface area (Å²) in [4.78, 5) is 10.6. The molecule has 0 saturated carbocycles. The molecule has 0 spiro atoms. The van der Waals surface area contributed by atoms with Gasteiger partial charge in [-0.1, -0.05) is 0 Å². The van der Waals surface area contributed by atoms with Gasteiger partial charge >= 0.3 is 0 Å². The minimum absolute atomic E-state index is 0.0955. The molecule has 0 saturated heterocycles. The second-order valence-electron chi connectivity index (χ2n) is 2.31. The van der Waals surface area contributed by atoms with E-state index in [0.717, 1.165) is 0 Å². The molecule has 3 nitrogen and oxygen atoms in total. The highest BCUT2D eigenvalue weighted by Crippen LogP contribution is 2.13. The lowest BCUT2D eigenvalue weighted by molar-refractivity contribution is 0.0996. The van der Waals surface area contributed by atoms with Gasteiger partial charge in [-0.3, -0.25) is 4.79 Å². The Labute approximate surface area is 69.4 Å². The highest BCUT2D eigenvalue weighted by atomic mass is 19.1. The van der Waals surface area contributed by atoms with E-state index in [9.17, 15) is 9.18 Å². The molecule has 64 valence electrons. The van der Waals surface area contributed by atoms with Crippen LogP contribution in [0.5, 0.6) is 0 Å². The van der Waals surface area contributed by atoms with Gasteiger partial charge in [-0.2, -0.15) is 0 Å². The van der Waals surface area contributed by atoms with Crippen LogP contribution in [0.4, 0.5) is 10.1 Å². The Morgan fingerprint density at radius 2 is 2.25 bits per heavy atom. The van der Waals surface area contributed by atoms with Gasteiger partial charge in [0, 0.05) is 12.7 Å². The highest BCUT2D eigenvalue weighted by Gasteiger charge is 2.07. The molecular weight excluding hydrogens is 159 g/mol. The minimum atomic E-state index is -0.760. The Hall–Kier alpha value is -1.58. The molecule has 0 bridgehead atoms. The van der Waals surface area contributed by atoms with Crippen molar-refractivity contribution in [2.45, 2.75) is 0 Å². The van der Waals surface area contributed by atoms with Gasteiger partial charge in [0.05, 0.1) is 5.56 Å². The summed E-state index contributed by atoms with van der Waals surface area (Å²) in [6.07, 6.45) is 0. The second-order valence-corrected chi connectivity index (χ2v) is 2.31. The fourth-order valence-electron chi connectivity index (χ4n) is 0.870. The van der Waals surface area contributed by atoms with Crippen molar-refractivity contribution in [2.75, 3.05) is 12.4 Å². The summed E-state index contributed by atoms with van der Waals surface area (Å²) >= 11 is 0. The third-order valence-electron chi connectivity index (χ3n) is 1.52. The van der Waals surface area contributed by atoms with E-state index in [2.05, 4.69) is 5.32 Å². The molecule has 0 aliphatic rings. The number of halogens is 1. The van der Waals surface area contributed by atoms with Crippen molar-refractivity contribution >= 4 is 11.6 Å². The van der Waals surface area contributed by atoms with Crippen molar-refractivity contribution < 1.29 is 9.18 Å². The molecule has 0 unspecified atom stereocenters. The zero-order valence-electron chi connectivity index (χ0n) is 6.60. The van der Waals surface area contributed by atoms with Gasteiger partial charge in [0.15, 0.2) is 0 Å². The van der Waals surface area contributed by atoms with Crippen LogP contribution in [0.3, 0.4) is 0 Å². The normalized spacial score (nSPS) is 9.50. The quantitative estimate of drug-likeness (QED) is 0.691.